The van der Waals surface area contributed by atoms with Crippen molar-refractivity contribution in [3.63, 3.8) is 0 Å². The van der Waals surface area contributed by atoms with E-state index in [1.807, 2.05) is 23.1 Å². The number of fused-ring (bicyclic) bond motifs is 2. The Labute approximate surface area is 252 Å². The number of hydrogen-bond acceptors (Lipinski definition) is 5. The van der Waals surface area contributed by atoms with Crippen LogP contribution in [-0.2, 0) is 27.3 Å². The number of nitrogens with zero attached hydrogens (tertiary/aromatic N) is 2. The molecule has 3 N–H and O–H groups in total. The Morgan fingerprint density at radius 2 is 1.91 bits per heavy atom. The van der Waals surface area contributed by atoms with Gasteiger partial charge in [0.05, 0.1) is 5.69 Å². The number of likely N-dealkylation sites (tertiary alicyclic amines) is 1. The zero-order chi connectivity index (χ0) is 29.8. The van der Waals surface area contributed by atoms with Gasteiger partial charge in [0.1, 0.15) is 5.75 Å². The molecule has 1 aromatic heterocycles. The zero-order valence-corrected chi connectivity index (χ0v) is 24.8. The number of aromatic nitrogens is 1. The fraction of sp³-hybridized carbons (Fsp3) is 0.371. The number of amides is 2. The number of rotatable bonds is 10. The van der Waals surface area contributed by atoms with Crippen molar-refractivity contribution in [2.75, 3.05) is 38.7 Å². The first kappa shape index (κ1) is 29.0. The fourth-order valence-corrected chi connectivity index (χ4v) is 6.45. The number of nitrogens with one attached hydrogen (secondary N) is 1. The molecule has 0 spiro atoms. The first-order chi connectivity index (χ1) is 21.0. The number of carbonyl (C=O) groups is 2. The molecule has 0 radical (unpaired) electrons. The maximum atomic E-state index is 13.4. The molecular weight excluding hydrogens is 540 g/mol. The van der Waals surface area contributed by atoms with Gasteiger partial charge in [0.25, 0.3) is 5.91 Å². The lowest BCUT2D eigenvalue weighted by molar-refractivity contribution is -0.132. The van der Waals surface area contributed by atoms with Gasteiger partial charge in [-0.2, -0.15) is 0 Å². The quantitative estimate of drug-likeness (QED) is 0.247. The van der Waals surface area contributed by atoms with Crippen molar-refractivity contribution in [1.29, 1.82) is 0 Å². The molecule has 1 saturated heterocycles. The van der Waals surface area contributed by atoms with Gasteiger partial charge in [0, 0.05) is 62.9 Å². The summed E-state index contributed by atoms with van der Waals surface area (Å²) in [4.78, 5) is 27.0. The van der Waals surface area contributed by atoms with Gasteiger partial charge < -0.3 is 30.0 Å². The SMILES string of the molecule is COCCCn1c(C2CCCN(C(=O)CC(N)Cc3ccc(-c4ccc5c(c4)OCC(=O)N5)cc3)C2)cc2ccccc21. The second-order valence-electron chi connectivity index (χ2n) is 11.7. The zero-order valence-electron chi connectivity index (χ0n) is 24.8. The molecule has 0 aliphatic carbocycles. The summed E-state index contributed by atoms with van der Waals surface area (Å²) < 4.78 is 13.3. The standard InChI is InChI=1S/C35H40N4O4/c1-42-17-5-16-39-31-8-3-2-6-27(31)19-32(39)28-7-4-15-38(22-28)35(41)21-29(36)18-24-9-11-25(12-10-24)26-13-14-30-33(20-26)43-23-34(40)37-30/h2-3,6,8-14,19-20,28-29H,4-5,7,15-18,21-23,36H2,1H3,(H,37,40). The molecule has 8 heteroatoms. The molecule has 2 unspecified atom stereocenters. The van der Waals surface area contributed by atoms with E-state index >= 15 is 0 Å². The van der Waals surface area contributed by atoms with Crippen LogP contribution in [0.2, 0.25) is 0 Å². The van der Waals surface area contributed by atoms with Crippen molar-refractivity contribution >= 4 is 28.4 Å². The number of ether oxygens (including phenoxy) is 2. The highest BCUT2D eigenvalue weighted by Crippen LogP contribution is 2.34. The first-order valence-corrected chi connectivity index (χ1v) is 15.2. The van der Waals surface area contributed by atoms with Crippen LogP contribution in [0, 0.1) is 0 Å². The second-order valence-corrected chi connectivity index (χ2v) is 11.7. The summed E-state index contributed by atoms with van der Waals surface area (Å²) in [5, 5.41) is 4.07. The molecule has 2 aliphatic rings. The molecule has 2 atom stereocenters. The van der Waals surface area contributed by atoms with Gasteiger partial charge in [-0.1, -0.05) is 48.5 Å². The average molecular weight is 581 g/mol. The van der Waals surface area contributed by atoms with Crippen LogP contribution in [-0.4, -0.2) is 60.7 Å². The summed E-state index contributed by atoms with van der Waals surface area (Å²) in [6, 6.07) is 24.6. The van der Waals surface area contributed by atoms with Crippen LogP contribution in [0.1, 0.15) is 42.9 Å². The molecule has 1 fully saturated rings. The molecule has 2 aliphatic heterocycles. The average Bonchev–Trinajstić information content (AvgIpc) is 3.40. The van der Waals surface area contributed by atoms with Gasteiger partial charge in [-0.3, -0.25) is 9.59 Å². The van der Waals surface area contributed by atoms with E-state index in [9.17, 15) is 9.59 Å². The summed E-state index contributed by atoms with van der Waals surface area (Å²) in [6.07, 6.45) is 3.99. The van der Waals surface area contributed by atoms with Crippen LogP contribution >= 0.6 is 0 Å². The summed E-state index contributed by atoms with van der Waals surface area (Å²) in [6.45, 7) is 3.18. The number of para-hydroxylation sites is 1. The first-order valence-electron chi connectivity index (χ1n) is 15.2. The van der Waals surface area contributed by atoms with Crippen molar-refractivity contribution in [3.05, 3.63) is 84.1 Å². The van der Waals surface area contributed by atoms with Crippen LogP contribution in [0.3, 0.4) is 0 Å². The normalized spacial score (nSPS) is 17.3. The van der Waals surface area contributed by atoms with Crippen LogP contribution in [0.25, 0.3) is 22.0 Å². The summed E-state index contributed by atoms with van der Waals surface area (Å²) in [5.41, 5.74) is 12.9. The van der Waals surface area contributed by atoms with Gasteiger partial charge in [-0.05, 0) is 72.0 Å². The Kier molecular flexibility index (Phi) is 8.77. The number of carbonyl (C=O) groups excluding carboxylic acids is 2. The summed E-state index contributed by atoms with van der Waals surface area (Å²) in [5.74, 6) is 0.977. The van der Waals surface area contributed by atoms with E-state index in [1.54, 1.807) is 7.11 Å². The van der Waals surface area contributed by atoms with Gasteiger partial charge in [-0.25, -0.2) is 0 Å². The predicted octanol–water partition coefficient (Wildman–Crippen LogP) is 5.34. The van der Waals surface area contributed by atoms with Crippen molar-refractivity contribution in [1.82, 2.24) is 9.47 Å². The minimum Gasteiger partial charge on any atom is -0.482 e. The topological polar surface area (TPSA) is 98.8 Å². The third-order valence-electron chi connectivity index (χ3n) is 8.60. The van der Waals surface area contributed by atoms with E-state index in [2.05, 4.69) is 64.5 Å². The molecule has 4 aromatic rings. The smallest absolute Gasteiger partial charge is 0.262 e. The van der Waals surface area contributed by atoms with Gasteiger partial charge in [0.2, 0.25) is 5.91 Å². The lowest BCUT2D eigenvalue weighted by Gasteiger charge is -2.34. The summed E-state index contributed by atoms with van der Waals surface area (Å²) in [7, 11) is 1.74. The lowest BCUT2D eigenvalue weighted by Crippen LogP contribution is -2.42. The number of aryl methyl sites for hydroxylation is 1. The second kappa shape index (κ2) is 13.0. The van der Waals surface area contributed by atoms with E-state index in [0.29, 0.717) is 30.2 Å². The van der Waals surface area contributed by atoms with Crippen molar-refractivity contribution in [2.24, 2.45) is 5.73 Å². The van der Waals surface area contributed by atoms with Crippen LogP contribution in [0.15, 0.2) is 72.8 Å². The monoisotopic (exact) mass is 580 g/mol. The Hall–Kier alpha value is -4.14. The minimum absolute atomic E-state index is 0.0313. The maximum absolute atomic E-state index is 13.4. The number of hydrogen-bond donors (Lipinski definition) is 2. The molecule has 0 bridgehead atoms. The Balaban J connectivity index is 1.07. The van der Waals surface area contributed by atoms with E-state index < -0.39 is 0 Å². The van der Waals surface area contributed by atoms with Crippen molar-refractivity contribution < 1.29 is 19.1 Å². The number of benzene rings is 3. The largest absolute Gasteiger partial charge is 0.482 e. The van der Waals surface area contributed by atoms with Crippen LogP contribution < -0.4 is 15.8 Å². The number of methoxy groups -OCH3 is 1. The van der Waals surface area contributed by atoms with Crippen LogP contribution in [0.4, 0.5) is 5.69 Å². The highest BCUT2D eigenvalue weighted by molar-refractivity contribution is 5.96. The lowest BCUT2D eigenvalue weighted by atomic mass is 9.93. The summed E-state index contributed by atoms with van der Waals surface area (Å²) >= 11 is 0. The third kappa shape index (κ3) is 6.60. The highest BCUT2D eigenvalue weighted by atomic mass is 16.5. The molecule has 43 heavy (non-hydrogen) atoms. The molecule has 3 heterocycles. The van der Waals surface area contributed by atoms with Gasteiger partial charge in [0.15, 0.2) is 6.61 Å². The van der Waals surface area contributed by atoms with E-state index in [-0.39, 0.29) is 24.5 Å². The van der Waals surface area contributed by atoms with Crippen LogP contribution in [0.5, 0.6) is 5.75 Å². The Morgan fingerprint density at radius 3 is 2.74 bits per heavy atom. The van der Waals surface area contributed by atoms with E-state index in [0.717, 1.165) is 62.2 Å². The molecular formula is C35H40N4O4. The molecule has 6 rings (SSSR count). The minimum atomic E-state index is -0.250. The molecule has 3 aromatic carbocycles. The van der Waals surface area contributed by atoms with Gasteiger partial charge >= 0.3 is 0 Å². The maximum Gasteiger partial charge on any atom is 0.262 e. The number of piperidine rings is 1. The fourth-order valence-electron chi connectivity index (χ4n) is 6.45. The highest BCUT2D eigenvalue weighted by Gasteiger charge is 2.28. The molecule has 8 nitrogen and oxygen atoms in total. The molecule has 2 amide bonds. The molecule has 224 valence electrons. The van der Waals surface area contributed by atoms with E-state index in [1.165, 1.54) is 16.6 Å². The predicted molar refractivity (Wildman–Crippen MR) is 169 cm³/mol. The Bertz CT molecular complexity index is 1600. The van der Waals surface area contributed by atoms with Crippen molar-refractivity contribution in [3.8, 4) is 16.9 Å². The molecule has 0 saturated carbocycles. The van der Waals surface area contributed by atoms with Crippen molar-refractivity contribution in [2.45, 2.75) is 50.6 Å². The number of nitrogens with two attached hydrogens (primary N) is 1. The Morgan fingerprint density at radius 1 is 1.09 bits per heavy atom. The third-order valence-corrected chi connectivity index (χ3v) is 8.60. The number of anilines is 1. The van der Waals surface area contributed by atoms with E-state index in [4.69, 9.17) is 15.2 Å². The van der Waals surface area contributed by atoms with Gasteiger partial charge in [-0.15, -0.1) is 0 Å².